The Morgan fingerprint density at radius 2 is 1.94 bits per heavy atom. The number of nitrogens with one attached hydrogen (secondary N) is 1. The Kier molecular flexibility index (Phi) is 5.42. The monoisotopic (exact) mass is 282 g/mol. The SMILES string of the molecule is CCC1SCCSC1C(NN)c1ccc(C)cc1. The summed E-state index contributed by atoms with van der Waals surface area (Å²) >= 11 is 4.16. The van der Waals surface area contributed by atoms with Crippen LogP contribution in [0.5, 0.6) is 0 Å². The molecule has 2 nitrogen and oxygen atoms in total. The molecule has 0 amide bonds. The molecule has 1 aromatic rings. The van der Waals surface area contributed by atoms with Crippen LogP contribution in [0, 0.1) is 6.92 Å². The first-order valence-corrected chi connectivity index (χ1v) is 8.62. The maximum absolute atomic E-state index is 5.82. The first-order valence-electron chi connectivity index (χ1n) is 6.52. The second kappa shape index (κ2) is 6.85. The lowest BCUT2D eigenvalue weighted by Crippen LogP contribution is -2.41. The molecule has 1 saturated heterocycles. The lowest BCUT2D eigenvalue weighted by Gasteiger charge is -2.35. The summed E-state index contributed by atoms with van der Waals surface area (Å²) in [5.74, 6) is 8.32. The van der Waals surface area contributed by atoms with Crippen LogP contribution in [-0.2, 0) is 0 Å². The van der Waals surface area contributed by atoms with Crippen molar-refractivity contribution in [1.82, 2.24) is 5.43 Å². The lowest BCUT2D eigenvalue weighted by atomic mass is 10.00. The van der Waals surface area contributed by atoms with Gasteiger partial charge in [-0.3, -0.25) is 11.3 Å². The van der Waals surface area contributed by atoms with Crippen LogP contribution >= 0.6 is 23.5 Å². The highest BCUT2D eigenvalue weighted by Gasteiger charge is 2.32. The quantitative estimate of drug-likeness (QED) is 0.657. The average molecular weight is 282 g/mol. The molecule has 18 heavy (non-hydrogen) atoms. The Morgan fingerprint density at radius 3 is 2.56 bits per heavy atom. The van der Waals surface area contributed by atoms with Crippen molar-refractivity contribution >= 4 is 23.5 Å². The molecule has 1 aromatic carbocycles. The Bertz CT molecular complexity index is 367. The van der Waals surface area contributed by atoms with E-state index in [-0.39, 0.29) is 6.04 Å². The summed E-state index contributed by atoms with van der Waals surface area (Å²) in [6, 6.07) is 9.00. The van der Waals surface area contributed by atoms with E-state index in [1.54, 1.807) is 0 Å². The maximum atomic E-state index is 5.82. The molecule has 0 bridgehead atoms. The molecule has 0 radical (unpaired) electrons. The van der Waals surface area contributed by atoms with Crippen LogP contribution in [0.1, 0.15) is 30.5 Å². The first kappa shape index (κ1) is 14.3. The highest BCUT2D eigenvalue weighted by atomic mass is 32.2. The van der Waals surface area contributed by atoms with Crippen LogP contribution < -0.4 is 11.3 Å². The number of nitrogens with two attached hydrogens (primary N) is 1. The van der Waals surface area contributed by atoms with Crippen LogP contribution in [0.4, 0.5) is 0 Å². The molecule has 3 unspecified atom stereocenters. The third-order valence-corrected chi connectivity index (χ3v) is 6.79. The number of hydrazine groups is 1. The Labute approximate surface area is 118 Å². The molecular weight excluding hydrogens is 260 g/mol. The van der Waals surface area contributed by atoms with Crippen LogP contribution in [-0.4, -0.2) is 22.0 Å². The smallest absolute Gasteiger partial charge is 0.0589 e. The zero-order chi connectivity index (χ0) is 13.0. The predicted octanol–water partition coefficient (Wildman–Crippen LogP) is 3.13. The highest BCUT2D eigenvalue weighted by Crippen LogP contribution is 2.39. The van der Waals surface area contributed by atoms with Gasteiger partial charge in [-0.1, -0.05) is 36.8 Å². The molecule has 100 valence electrons. The van der Waals surface area contributed by atoms with Gasteiger partial charge in [0.1, 0.15) is 0 Å². The molecule has 0 aromatic heterocycles. The maximum Gasteiger partial charge on any atom is 0.0589 e. The van der Waals surface area contributed by atoms with E-state index in [0.29, 0.717) is 10.5 Å². The fourth-order valence-electron chi connectivity index (χ4n) is 2.40. The van der Waals surface area contributed by atoms with Crippen LogP contribution in [0.15, 0.2) is 24.3 Å². The van der Waals surface area contributed by atoms with Crippen molar-refractivity contribution in [3.8, 4) is 0 Å². The van der Waals surface area contributed by atoms with Crippen molar-refractivity contribution in [2.45, 2.75) is 36.8 Å². The van der Waals surface area contributed by atoms with Crippen LogP contribution in [0.25, 0.3) is 0 Å². The van der Waals surface area contributed by atoms with E-state index in [1.807, 2.05) is 0 Å². The predicted molar refractivity (Wildman–Crippen MR) is 84.0 cm³/mol. The van der Waals surface area contributed by atoms with E-state index in [2.05, 4.69) is 67.1 Å². The molecule has 2 rings (SSSR count). The second-order valence-corrected chi connectivity index (χ2v) is 7.34. The van der Waals surface area contributed by atoms with Gasteiger partial charge in [0.05, 0.1) is 6.04 Å². The molecule has 1 aliphatic rings. The molecule has 0 aliphatic carbocycles. The summed E-state index contributed by atoms with van der Waals surface area (Å²) in [6.45, 7) is 4.40. The van der Waals surface area contributed by atoms with E-state index >= 15 is 0 Å². The van der Waals surface area contributed by atoms with Gasteiger partial charge in [0, 0.05) is 22.0 Å². The highest BCUT2D eigenvalue weighted by molar-refractivity contribution is 8.07. The van der Waals surface area contributed by atoms with Crippen molar-refractivity contribution in [2.24, 2.45) is 5.84 Å². The van der Waals surface area contributed by atoms with Crippen molar-refractivity contribution in [3.05, 3.63) is 35.4 Å². The lowest BCUT2D eigenvalue weighted by molar-refractivity contribution is 0.514. The van der Waals surface area contributed by atoms with E-state index in [0.717, 1.165) is 0 Å². The number of benzene rings is 1. The van der Waals surface area contributed by atoms with E-state index in [4.69, 9.17) is 5.84 Å². The number of rotatable bonds is 4. The normalized spacial score (nSPS) is 25.9. The van der Waals surface area contributed by atoms with Gasteiger partial charge < -0.3 is 0 Å². The summed E-state index contributed by atoms with van der Waals surface area (Å²) in [5, 5.41) is 1.27. The minimum Gasteiger partial charge on any atom is -0.271 e. The fraction of sp³-hybridized carbons (Fsp3) is 0.571. The summed E-state index contributed by atoms with van der Waals surface area (Å²) in [4.78, 5) is 0. The topological polar surface area (TPSA) is 38.0 Å². The number of hydrogen-bond donors (Lipinski definition) is 2. The molecule has 0 spiro atoms. The largest absolute Gasteiger partial charge is 0.271 e. The molecule has 1 heterocycles. The summed E-state index contributed by atoms with van der Waals surface area (Å²) in [5.41, 5.74) is 5.64. The molecule has 4 heteroatoms. The van der Waals surface area contributed by atoms with Crippen molar-refractivity contribution in [2.75, 3.05) is 11.5 Å². The van der Waals surface area contributed by atoms with Gasteiger partial charge >= 0.3 is 0 Å². The zero-order valence-corrected chi connectivity index (χ0v) is 12.7. The Balaban J connectivity index is 2.18. The molecule has 3 atom stereocenters. The zero-order valence-electron chi connectivity index (χ0n) is 11.1. The van der Waals surface area contributed by atoms with E-state index in [9.17, 15) is 0 Å². The van der Waals surface area contributed by atoms with Crippen molar-refractivity contribution in [1.29, 1.82) is 0 Å². The van der Waals surface area contributed by atoms with Crippen molar-refractivity contribution < 1.29 is 0 Å². The van der Waals surface area contributed by atoms with Crippen LogP contribution in [0.2, 0.25) is 0 Å². The molecular formula is C14H22N2S2. The number of thioether (sulfide) groups is 2. The fourth-order valence-corrected chi connectivity index (χ4v) is 5.64. The van der Waals surface area contributed by atoms with Crippen LogP contribution in [0.3, 0.4) is 0 Å². The van der Waals surface area contributed by atoms with E-state index in [1.165, 1.54) is 29.1 Å². The first-order chi connectivity index (χ1) is 8.76. The van der Waals surface area contributed by atoms with Crippen molar-refractivity contribution in [3.63, 3.8) is 0 Å². The molecule has 1 fully saturated rings. The number of aryl methyl sites for hydroxylation is 1. The third-order valence-electron chi connectivity index (χ3n) is 3.44. The summed E-state index contributed by atoms with van der Waals surface area (Å²) < 4.78 is 0. The minimum atomic E-state index is 0.258. The van der Waals surface area contributed by atoms with Gasteiger partial charge in [0.2, 0.25) is 0 Å². The standard InChI is InChI=1S/C14H22N2S2/c1-3-12-14(18-9-8-17-12)13(16-15)11-6-4-10(2)5-7-11/h4-7,12-14,16H,3,8-9,15H2,1-2H3. The van der Waals surface area contributed by atoms with Gasteiger partial charge in [-0.25, -0.2) is 0 Å². The summed E-state index contributed by atoms with van der Waals surface area (Å²) in [6.07, 6.45) is 1.21. The molecule has 0 saturated carbocycles. The minimum absolute atomic E-state index is 0.258. The molecule has 3 N–H and O–H groups in total. The van der Waals surface area contributed by atoms with E-state index < -0.39 is 0 Å². The van der Waals surface area contributed by atoms with Gasteiger partial charge in [-0.05, 0) is 18.9 Å². The van der Waals surface area contributed by atoms with Gasteiger partial charge in [-0.2, -0.15) is 23.5 Å². The van der Waals surface area contributed by atoms with Gasteiger partial charge in [0.15, 0.2) is 0 Å². The molecule has 1 aliphatic heterocycles. The Hall–Kier alpha value is -0.160. The second-order valence-electron chi connectivity index (χ2n) is 4.71. The Morgan fingerprint density at radius 1 is 1.28 bits per heavy atom. The van der Waals surface area contributed by atoms with Gasteiger partial charge in [-0.15, -0.1) is 0 Å². The average Bonchev–Trinajstić information content (AvgIpc) is 2.42. The summed E-state index contributed by atoms with van der Waals surface area (Å²) in [7, 11) is 0. The van der Waals surface area contributed by atoms with Gasteiger partial charge in [0.25, 0.3) is 0 Å². The number of hydrogen-bond acceptors (Lipinski definition) is 4. The third kappa shape index (κ3) is 3.23.